The van der Waals surface area contributed by atoms with Crippen LogP contribution in [0.15, 0.2) is 54.1 Å². The second kappa shape index (κ2) is 8.51. The van der Waals surface area contributed by atoms with E-state index in [2.05, 4.69) is 39.8 Å². The Morgan fingerprint density at radius 2 is 1.94 bits per heavy atom. The van der Waals surface area contributed by atoms with Crippen molar-refractivity contribution in [3.63, 3.8) is 0 Å². The fraction of sp³-hybridized carbons (Fsp3) is 0.444. The highest BCUT2D eigenvalue weighted by molar-refractivity contribution is 5.89. The minimum atomic E-state index is -0.917. The molecule has 0 bridgehead atoms. The van der Waals surface area contributed by atoms with Crippen molar-refractivity contribution in [1.29, 1.82) is 0 Å². The lowest BCUT2D eigenvalue weighted by Crippen LogP contribution is -2.50. The van der Waals surface area contributed by atoms with Crippen molar-refractivity contribution in [2.45, 2.75) is 71.2 Å². The van der Waals surface area contributed by atoms with Crippen LogP contribution < -0.4 is 4.74 Å². The average molecular weight is 421 g/mol. The highest BCUT2D eigenvalue weighted by atomic mass is 16.5. The molecule has 2 aromatic carbocycles. The standard InChI is InChI=1S/C27H32O4/c1-17(2)7-6-14-27(4)23-12-10-18(3)30-25(23)22-16-20(11-13-24(22)31-27)19-8-5-9-21(15-19)26(28)29/h5,7-9,11,13,15-16,18,23,25H,6,10,12,14H2,1-4H3,(H,28,29)/t18-,23-,25+,27-/m1/s1. The zero-order chi connectivity index (χ0) is 22.2. The molecule has 2 heterocycles. The first kappa shape index (κ1) is 21.6. The molecule has 0 saturated carbocycles. The van der Waals surface area contributed by atoms with Gasteiger partial charge < -0.3 is 14.6 Å². The number of carbonyl (C=O) groups is 1. The molecule has 164 valence electrons. The Hall–Kier alpha value is -2.59. The first-order valence-corrected chi connectivity index (χ1v) is 11.2. The number of rotatable bonds is 5. The Morgan fingerprint density at radius 1 is 1.16 bits per heavy atom. The Morgan fingerprint density at radius 3 is 2.68 bits per heavy atom. The van der Waals surface area contributed by atoms with Gasteiger partial charge in [-0.25, -0.2) is 4.79 Å². The molecule has 4 heteroatoms. The fourth-order valence-corrected chi connectivity index (χ4v) is 4.98. The minimum Gasteiger partial charge on any atom is -0.487 e. The van der Waals surface area contributed by atoms with Gasteiger partial charge in [0.15, 0.2) is 0 Å². The zero-order valence-electron chi connectivity index (χ0n) is 18.9. The molecule has 0 radical (unpaired) electrons. The van der Waals surface area contributed by atoms with Crippen molar-refractivity contribution in [1.82, 2.24) is 0 Å². The quantitative estimate of drug-likeness (QED) is 0.540. The summed E-state index contributed by atoms with van der Waals surface area (Å²) in [6.45, 7) is 8.64. The molecule has 1 fully saturated rings. The van der Waals surface area contributed by atoms with E-state index in [0.717, 1.165) is 48.1 Å². The lowest BCUT2D eigenvalue weighted by Gasteiger charge is -2.50. The number of hydrogen-bond donors (Lipinski definition) is 1. The van der Waals surface area contributed by atoms with E-state index in [9.17, 15) is 9.90 Å². The number of aromatic carboxylic acids is 1. The van der Waals surface area contributed by atoms with Gasteiger partial charge in [-0.05, 0) is 88.8 Å². The summed E-state index contributed by atoms with van der Waals surface area (Å²) in [5.41, 5.74) is 4.31. The maximum absolute atomic E-state index is 11.4. The Balaban J connectivity index is 1.71. The summed E-state index contributed by atoms with van der Waals surface area (Å²) in [4.78, 5) is 11.4. The number of benzene rings is 2. The van der Waals surface area contributed by atoms with Gasteiger partial charge in [0.05, 0.1) is 17.8 Å². The van der Waals surface area contributed by atoms with Crippen molar-refractivity contribution in [3.8, 4) is 16.9 Å². The molecule has 4 atom stereocenters. The molecule has 0 spiro atoms. The third-order valence-electron chi connectivity index (χ3n) is 6.71. The van der Waals surface area contributed by atoms with E-state index in [1.807, 2.05) is 18.2 Å². The minimum absolute atomic E-state index is 0.00758. The van der Waals surface area contributed by atoms with E-state index in [1.165, 1.54) is 5.57 Å². The van der Waals surface area contributed by atoms with Crippen molar-refractivity contribution in [2.75, 3.05) is 0 Å². The van der Waals surface area contributed by atoms with Crippen LogP contribution in [0.2, 0.25) is 0 Å². The topological polar surface area (TPSA) is 55.8 Å². The molecule has 2 aliphatic heterocycles. The Kier molecular flexibility index (Phi) is 5.94. The molecule has 0 aliphatic carbocycles. The van der Waals surface area contributed by atoms with E-state index in [-0.39, 0.29) is 17.8 Å². The van der Waals surface area contributed by atoms with Crippen molar-refractivity contribution >= 4 is 5.97 Å². The summed E-state index contributed by atoms with van der Waals surface area (Å²) in [5.74, 6) is 0.260. The summed E-state index contributed by atoms with van der Waals surface area (Å²) in [6, 6.07) is 13.2. The smallest absolute Gasteiger partial charge is 0.335 e. The van der Waals surface area contributed by atoms with Gasteiger partial charge in [-0.15, -0.1) is 0 Å². The molecule has 1 N–H and O–H groups in total. The fourth-order valence-electron chi connectivity index (χ4n) is 4.98. The summed E-state index contributed by atoms with van der Waals surface area (Å²) in [6.07, 6.45) is 6.56. The molecule has 4 rings (SSSR count). The van der Waals surface area contributed by atoms with Crippen molar-refractivity contribution < 1.29 is 19.4 Å². The average Bonchev–Trinajstić information content (AvgIpc) is 2.73. The number of allylic oxidation sites excluding steroid dienone is 2. The van der Waals surface area contributed by atoms with Crippen molar-refractivity contribution in [2.24, 2.45) is 5.92 Å². The van der Waals surface area contributed by atoms with E-state index in [0.29, 0.717) is 11.5 Å². The molecular weight excluding hydrogens is 388 g/mol. The third-order valence-corrected chi connectivity index (χ3v) is 6.71. The largest absolute Gasteiger partial charge is 0.487 e. The SMILES string of the molecule is CC(C)=CCC[C@@]1(C)Oc2ccc(-c3cccc(C(=O)O)c3)cc2[C@@H]2O[C@H](C)CC[C@H]21. The van der Waals surface area contributed by atoms with Gasteiger partial charge >= 0.3 is 5.97 Å². The third kappa shape index (κ3) is 4.40. The molecule has 0 aromatic heterocycles. The number of ether oxygens (including phenoxy) is 2. The van der Waals surface area contributed by atoms with Gasteiger partial charge in [0.1, 0.15) is 11.4 Å². The lowest BCUT2D eigenvalue weighted by molar-refractivity contribution is -0.151. The Labute approximate surface area is 184 Å². The highest BCUT2D eigenvalue weighted by Gasteiger charge is 2.49. The van der Waals surface area contributed by atoms with Crippen LogP contribution in [0.25, 0.3) is 11.1 Å². The molecule has 4 nitrogen and oxygen atoms in total. The summed E-state index contributed by atoms with van der Waals surface area (Å²) >= 11 is 0. The molecule has 0 amide bonds. The van der Waals surface area contributed by atoms with Crippen LogP contribution in [-0.4, -0.2) is 22.8 Å². The van der Waals surface area contributed by atoms with Gasteiger partial charge in [0.2, 0.25) is 0 Å². The summed E-state index contributed by atoms with van der Waals surface area (Å²) in [5, 5.41) is 9.35. The second-order valence-corrected chi connectivity index (χ2v) is 9.42. The van der Waals surface area contributed by atoms with Gasteiger partial charge in [0, 0.05) is 11.5 Å². The van der Waals surface area contributed by atoms with Crippen molar-refractivity contribution in [3.05, 3.63) is 65.2 Å². The number of carboxylic acid groups (broad SMARTS) is 1. The van der Waals surface area contributed by atoms with E-state index < -0.39 is 5.97 Å². The van der Waals surface area contributed by atoms with E-state index >= 15 is 0 Å². The van der Waals surface area contributed by atoms with Gasteiger partial charge in [-0.2, -0.15) is 0 Å². The molecule has 1 saturated heterocycles. The summed E-state index contributed by atoms with van der Waals surface area (Å²) < 4.78 is 13.2. The number of carboxylic acids is 1. The van der Waals surface area contributed by atoms with Crippen LogP contribution in [0.5, 0.6) is 5.75 Å². The van der Waals surface area contributed by atoms with Crippen LogP contribution in [0.3, 0.4) is 0 Å². The predicted molar refractivity (Wildman–Crippen MR) is 123 cm³/mol. The number of hydrogen-bond acceptors (Lipinski definition) is 3. The van der Waals surface area contributed by atoms with Gasteiger partial charge in [-0.3, -0.25) is 0 Å². The second-order valence-electron chi connectivity index (χ2n) is 9.42. The van der Waals surface area contributed by atoms with Gasteiger partial charge in [-0.1, -0.05) is 29.8 Å². The molecule has 2 aromatic rings. The van der Waals surface area contributed by atoms with E-state index in [4.69, 9.17) is 9.47 Å². The van der Waals surface area contributed by atoms with Crippen LogP contribution in [-0.2, 0) is 4.74 Å². The normalized spacial score (nSPS) is 26.9. The molecule has 31 heavy (non-hydrogen) atoms. The van der Waals surface area contributed by atoms with E-state index in [1.54, 1.807) is 18.2 Å². The predicted octanol–water partition coefficient (Wildman–Crippen LogP) is 6.81. The maximum Gasteiger partial charge on any atom is 0.335 e. The summed E-state index contributed by atoms with van der Waals surface area (Å²) in [7, 11) is 0. The van der Waals surface area contributed by atoms with Gasteiger partial charge in [0.25, 0.3) is 0 Å². The van der Waals surface area contributed by atoms with Crippen LogP contribution in [0.1, 0.15) is 75.4 Å². The first-order chi connectivity index (χ1) is 14.8. The maximum atomic E-state index is 11.4. The zero-order valence-corrected chi connectivity index (χ0v) is 18.9. The number of fused-ring (bicyclic) bond motifs is 3. The molecule has 0 unspecified atom stereocenters. The molecule has 2 aliphatic rings. The van der Waals surface area contributed by atoms with Crippen LogP contribution in [0.4, 0.5) is 0 Å². The van der Waals surface area contributed by atoms with Crippen LogP contribution in [0, 0.1) is 5.92 Å². The monoisotopic (exact) mass is 420 g/mol. The lowest BCUT2D eigenvalue weighted by atomic mass is 9.72. The Bertz CT molecular complexity index is 1000. The first-order valence-electron chi connectivity index (χ1n) is 11.2. The highest BCUT2D eigenvalue weighted by Crippen LogP contribution is 2.52. The van der Waals surface area contributed by atoms with Crippen LogP contribution >= 0.6 is 0 Å². The molecular formula is C27H32O4.